The van der Waals surface area contributed by atoms with Crippen LogP contribution in [-0.2, 0) is 22.4 Å². The maximum absolute atomic E-state index is 12.3. The van der Waals surface area contributed by atoms with Crippen molar-refractivity contribution in [3.05, 3.63) is 16.0 Å². The lowest BCUT2D eigenvalue weighted by molar-refractivity contribution is -0.117. The number of thiophene rings is 1. The van der Waals surface area contributed by atoms with Crippen molar-refractivity contribution in [1.29, 1.82) is 0 Å². The fourth-order valence-corrected chi connectivity index (χ4v) is 4.36. The molecule has 0 unspecified atom stereocenters. The highest BCUT2D eigenvalue weighted by Crippen LogP contribution is 2.38. The van der Waals surface area contributed by atoms with Crippen molar-refractivity contribution in [2.75, 3.05) is 19.0 Å². The van der Waals surface area contributed by atoms with Gasteiger partial charge in [0.05, 0.1) is 18.7 Å². The molecule has 0 aromatic carbocycles. The van der Waals surface area contributed by atoms with Gasteiger partial charge in [0, 0.05) is 4.88 Å². The van der Waals surface area contributed by atoms with Gasteiger partial charge in [-0.1, -0.05) is 0 Å². The molecule has 1 atom stereocenters. The highest BCUT2D eigenvalue weighted by Gasteiger charge is 2.29. The number of amides is 1. The number of aryl methyl sites for hydroxylation is 1. The molecule has 1 amide bonds. The van der Waals surface area contributed by atoms with E-state index in [0.717, 1.165) is 50.6 Å². The van der Waals surface area contributed by atoms with E-state index in [4.69, 9.17) is 4.74 Å². The smallest absolute Gasteiger partial charge is 0.341 e. The first kappa shape index (κ1) is 14.5. The number of rotatable bonds is 3. The van der Waals surface area contributed by atoms with Gasteiger partial charge in [0.25, 0.3) is 0 Å². The fourth-order valence-electron chi connectivity index (χ4n) is 3.08. The summed E-state index contributed by atoms with van der Waals surface area (Å²) in [6.07, 6.45) is 5.99. The van der Waals surface area contributed by atoms with Gasteiger partial charge in [-0.05, 0) is 50.6 Å². The Labute approximate surface area is 128 Å². The second kappa shape index (κ2) is 6.15. The summed E-state index contributed by atoms with van der Waals surface area (Å²) in [4.78, 5) is 25.6. The summed E-state index contributed by atoms with van der Waals surface area (Å²) in [5, 5.41) is 6.78. The molecule has 6 heteroatoms. The van der Waals surface area contributed by atoms with Crippen molar-refractivity contribution in [3.8, 4) is 0 Å². The molecule has 0 radical (unpaired) electrons. The first-order chi connectivity index (χ1) is 10.2. The Kier molecular flexibility index (Phi) is 4.26. The molecule has 1 aromatic rings. The average molecular weight is 308 g/mol. The molecule has 2 N–H and O–H groups in total. The summed E-state index contributed by atoms with van der Waals surface area (Å²) >= 11 is 1.53. The molecule has 0 saturated carbocycles. The number of carbonyl (C=O) groups excluding carboxylic acids is 2. The van der Waals surface area contributed by atoms with Crippen LogP contribution in [0.15, 0.2) is 0 Å². The van der Waals surface area contributed by atoms with Crippen LogP contribution in [0, 0.1) is 0 Å². The summed E-state index contributed by atoms with van der Waals surface area (Å²) in [6.45, 7) is 0.878. The maximum atomic E-state index is 12.3. The lowest BCUT2D eigenvalue weighted by Crippen LogP contribution is -2.35. The topological polar surface area (TPSA) is 67.4 Å². The van der Waals surface area contributed by atoms with E-state index in [1.165, 1.54) is 23.3 Å². The van der Waals surface area contributed by atoms with Crippen LogP contribution in [-0.4, -0.2) is 31.6 Å². The molecule has 2 heterocycles. The first-order valence-corrected chi connectivity index (χ1v) is 8.29. The van der Waals surface area contributed by atoms with Crippen LogP contribution in [0.25, 0.3) is 0 Å². The number of fused-ring (bicyclic) bond motifs is 1. The molecule has 1 aromatic heterocycles. The number of nitrogens with one attached hydrogen (secondary N) is 2. The lowest BCUT2D eigenvalue weighted by atomic mass is 9.95. The van der Waals surface area contributed by atoms with Crippen LogP contribution in [0.5, 0.6) is 0 Å². The van der Waals surface area contributed by atoms with Crippen LogP contribution in [0.1, 0.15) is 46.5 Å². The number of anilines is 1. The van der Waals surface area contributed by atoms with Gasteiger partial charge < -0.3 is 15.4 Å². The quantitative estimate of drug-likeness (QED) is 0.839. The number of carbonyl (C=O) groups is 2. The number of methoxy groups -OCH3 is 1. The van der Waals surface area contributed by atoms with Crippen LogP contribution < -0.4 is 10.6 Å². The van der Waals surface area contributed by atoms with Gasteiger partial charge >= 0.3 is 5.97 Å². The van der Waals surface area contributed by atoms with E-state index in [2.05, 4.69) is 10.6 Å². The lowest BCUT2D eigenvalue weighted by Gasteiger charge is -2.12. The Morgan fingerprint density at radius 3 is 2.81 bits per heavy atom. The van der Waals surface area contributed by atoms with Gasteiger partial charge in [-0.3, -0.25) is 4.79 Å². The molecule has 1 saturated heterocycles. The van der Waals surface area contributed by atoms with Gasteiger partial charge in [-0.15, -0.1) is 11.3 Å². The zero-order chi connectivity index (χ0) is 14.8. The third kappa shape index (κ3) is 2.82. The highest BCUT2D eigenvalue weighted by molar-refractivity contribution is 7.17. The van der Waals surface area contributed by atoms with Crippen molar-refractivity contribution in [1.82, 2.24) is 5.32 Å². The number of esters is 1. The third-order valence-electron chi connectivity index (χ3n) is 4.17. The average Bonchev–Trinajstić information content (AvgIpc) is 3.13. The molecule has 114 valence electrons. The van der Waals surface area contributed by atoms with E-state index in [0.29, 0.717) is 10.6 Å². The zero-order valence-corrected chi connectivity index (χ0v) is 13.0. The Morgan fingerprint density at radius 2 is 2.10 bits per heavy atom. The standard InChI is InChI=1S/C15H20N2O3S/c1-20-15(19)12-9-5-2-3-7-11(9)21-14(12)17-13(18)10-6-4-8-16-10/h10,16H,2-8H2,1H3,(H,17,18)/t10-/m0/s1. The van der Waals surface area contributed by atoms with Crippen LogP contribution in [0.2, 0.25) is 0 Å². The molecule has 2 aliphatic rings. The Bertz CT molecular complexity index is 562. The molecule has 1 aliphatic heterocycles. The van der Waals surface area contributed by atoms with E-state index >= 15 is 0 Å². The monoisotopic (exact) mass is 308 g/mol. The zero-order valence-electron chi connectivity index (χ0n) is 12.2. The molecule has 21 heavy (non-hydrogen) atoms. The second-order valence-electron chi connectivity index (χ2n) is 5.54. The van der Waals surface area contributed by atoms with Crippen molar-refractivity contribution in [3.63, 3.8) is 0 Å². The van der Waals surface area contributed by atoms with Crippen molar-refractivity contribution in [2.45, 2.75) is 44.6 Å². The van der Waals surface area contributed by atoms with Gasteiger partial charge in [0.15, 0.2) is 0 Å². The molecular formula is C15H20N2O3S. The van der Waals surface area contributed by atoms with Crippen molar-refractivity contribution >= 4 is 28.2 Å². The normalized spacial score (nSPS) is 20.9. The minimum atomic E-state index is -0.343. The molecule has 5 nitrogen and oxygen atoms in total. The molecule has 1 fully saturated rings. The van der Waals surface area contributed by atoms with Gasteiger partial charge in [-0.25, -0.2) is 4.79 Å². The SMILES string of the molecule is COC(=O)c1c(NC(=O)[C@@H]2CCCN2)sc2c1CCCC2. The Balaban J connectivity index is 1.88. The van der Waals surface area contributed by atoms with E-state index in [-0.39, 0.29) is 17.9 Å². The molecule has 0 spiro atoms. The van der Waals surface area contributed by atoms with Crippen molar-refractivity contribution in [2.24, 2.45) is 0 Å². The summed E-state index contributed by atoms with van der Waals surface area (Å²) in [6, 6.07) is -0.144. The summed E-state index contributed by atoms with van der Waals surface area (Å²) < 4.78 is 4.91. The van der Waals surface area contributed by atoms with Gasteiger partial charge in [0.1, 0.15) is 5.00 Å². The largest absolute Gasteiger partial charge is 0.465 e. The van der Waals surface area contributed by atoms with Crippen LogP contribution in [0.4, 0.5) is 5.00 Å². The first-order valence-electron chi connectivity index (χ1n) is 7.48. The molecule has 1 aliphatic carbocycles. The van der Waals surface area contributed by atoms with Gasteiger partial charge in [-0.2, -0.15) is 0 Å². The Morgan fingerprint density at radius 1 is 1.29 bits per heavy atom. The summed E-state index contributed by atoms with van der Waals surface area (Å²) in [5.74, 6) is -0.389. The van der Waals surface area contributed by atoms with Crippen LogP contribution in [0.3, 0.4) is 0 Å². The summed E-state index contributed by atoms with van der Waals surface area (Å²) in [5.41, 5.74) is 1.65. The summed E-state index contributed by atoms with van der Waals surface area (Å²) in [7, 11) is 1.39. The maximum Gasteiger partial charge on any atom is 0.341 e. The van der Waals surface area contributed by atoms with E-state index in [1.54, 1.807) is 0 Å². The number of ether oxygens (including phenoxy) is 1. The van der Waals surface area contributed by atoms with E-state index in [9.17, 15) is 9.59 Å². The predicted molar refractivity (Wildman–Crippen MR) is 82.0 cm³/mol. The van der Waals surface area contributed by atoms with Crippen LogP contribution >= 0.6 is 11.3 Å². The fraction of sp³-hybridized carbons (Fsp3) is 0.600. The molecule has 3 rings (SSSR count). The minimum absolute atomic E-state index is 0.0451. The predicted octanol–water partition coefficient (Wildman–Crippen LogP) is 2.10. The van der Waals surface area contributed by atoms with E-state index in [1.807, 2.05) is 0 Å². The molecule has 0 bridgehead atoms. The van der Waals surface area contributed by atoms with Crippen molar-refractivity contribution < 1.29 is 14.3 Å². The third-order valence-corrected chi connectivity index (χ3v) is 5.38. The second-order valence-corrected chi connectivity index (χ2v) is 6.65. The minimum Gasteiger partial charge on any atom is -0.465 e. The Hall–Kier alpha value is -1.40. The molecular weight excluding hydrogens is 288 g/mol. The van der Waals surface area contributed by atoms with Gasteiger partial charge in [0.2, 0.25) is 5.91 Å². The highest BCUT2D eigenvalue weighted by atomic mass is 32.1. The van der Waals surface area contributed by atoms with E-state index < -0.39 is 0 Å². The number of hydrogen-bond donors (Lipinski definition) is 2. The number of hydrogen-bond acceptors (Lipinski definition) is 5.